The Bertz CT molecular complexity index is 340. The number of rotatable bonds is 2. The van der Waals surface area contributed by atoms with Crippen LogP contribution in [0.5, 0.6) is 0 Å². The van der Waals surface area contributed by atoms with E-state index in [2.05, 4.69) is 56.7 Å². The zero-order valence-corrected chi connectivity index (χ0v) is 11.7. The molecule has 3 heteroatoms. The summed E-state index contributed by atoms with van der Waals surface area (Å²) < 4.78 is 0.921. The summed E-state index contributed by atoms with van der Waals surface area (Å²) in [6.07, 6.45) is 0. The Kier molecular flexibility index (Phi) is 4.01. The molecular weight excluding hydrogens is 369 g/mol. The maximum atomic E-state index is 2.33. The van der Waals surface area contributed by atoms with E-state index in [-0.39, 0.29) is 22.4 Å². The van der Waals surface area contributed by atoms with Crippen LogP contribution in [0.3, 0.4) is 0 Å². The summed E-state index contributed by atoms with van der Waals surface area (Å²) in [7, 11) is 2.26. The first-order chi connectivity index (χ1) is 6.71. The number of quaternary nitrogens is 1. The minimum Gasteiger partial charge on any atom is -0.465 e. The first-order valence-electron chi connectivity index (χ1n) is 5.28. The number of hydrogen-bond acceptors (Lipinski definition) is 1. The summed E-state index contributed by atoms with van der Waals surface area (Å²) >= 11 is 0. The predicted molar refractivity (Wildman–Crippen MR) is 62.0 cm³/mol. The van der Waals surface area contributed by atoms with Crippen LogP contribution in [0.15, 0.2) is 24.3 Å². The monoisotopic (exact) mass is 387 g/mol. The second kappa shape index (κ2) is 4.71. The molecule has 1 unspecified atom stereocenters. The van der Waals surface area contributed by atoms with E-state index in [1.165, 1.54) is 11.4 Å². The third-order valence-corrected chi connectivity index (χ3v) is 3.13. The molecule has 1 heterocycles. The second-order valence-electron chi connectivity index (χ2n) is 3.97. The second-order valence-corrected chi connectivity index (χ2v) is 3.97. The van der Waals surface area contributed by atoms with Crippen LogP contribution in [0.4, 0.5) is 11.4 Å². The van der Waals surface area contributed by atoms with Gasteiger partial charge < -0.3 is 9.38 Å². The molecule has 0 fully saturated rings. The maximum Gasteiger partial charge on any atom is 1.00 e. The Balaban J connectivity index is 0.00000112. The van der Waals surface area contributed by atoms with Gasteiger partial charge in [0.25, 0.3) is 0 Å². The van der Waals surface area contributed by atoms with Crippen LogP contribution < -0.4 is 9.38 Å². The SMILES string of the molecule is CCN1[CH-][N+](C)(CC)c2ccccc21.[Au+]. The quantitative estimate of drug-likeness (QED) is 0.429. The van der Waals surface area contributed by atoms with Crippen LogP contribution in [0, 0.1) is 6.67 Å². The molecule has 1 atom stereocenters. The van der Waals surface area contributed by atoms with Crippen LogP contribution >= 0.6 is 0 Å². The Morgan fingerprint density at radius 2 is 1.93 bits per heavy atom. The van der Waals surface area contributed by atoms with Gasteiger partial charge >= 0.3 is 22.4 Å². The summed E-state index contributed by atoms with van der Waals surface area (Å²) in [5.74, 6) is 0. The molecule has 86 valence electrons. The van der Waals surface area contributed by atoms with Gasteiger partial charge in [0.1, 0.15) is 5.69 Å². The van der Waals surface area contributed by atoms with E-state index in [1.54, 1.807) is 0 Å². The number of fused-ring (bicyclic) bond motifs is 1. The van der Waals surface area contributed by atoms with Crippen molar-refractivity contribution in [1.29, 1.82) is 0 Å². The van der Waals surface area contributed by atoms with Gasteiger partial charge in [-0.25, -0.2) is 0 Å². The van der Waals surface area contributed by atoms with Gasteiger partial charge in [-0.2, -0.15) is 0 Å². The van der Waals surface area contributed by atoms with E-state index in [4.69, 9.17) is 0 Å². The molecule has 0 amide bonds. The fraction of sp³-hybridized carbons (Fsp3) is 0.417. The molecule has 0 N–H and O–H groups in total. The minimum atomic E-state index is 0. The Morgan fingerprint density at radius 1 is 1.27 bits per heavy atom. The average molecular weight is 387 g/mol. The number of hydrogen-bond donors (Lipinski definition) is 0. The molecule has 2 rings (SSSR count). The fourth-order valence-electron chi connectivity index (χ4n) is 2.08. The molecular formula is C12H18AuN2+. The zero-order chi connectivity index (χ0) is 10.2. The topological polar surface area (TPSA) is 3.24 Å². The van der Waals surface area contributed by atoms with Crippen molar-refractivity contribution in [3.8, 4) is 0 Å². The summed E-state index contributed by atoms with van der Waals surface area (Å²) in [4.78, 5) is 2.33. The van der Waals surface area contributed by atoms with Gasteiger partial charge in [0.15, 0.2) is 0 Å². The third-order valence-electron chi connectivity index (χ3n) is 3.13. The van der Waals surface area contributed by atoms with Crippen molar-refractivity contribution >= 4 is 11.4 Å². The molecule has 0 aliphatic carbocycles. The van der Waals surface area contributed by atoms with E-state index in [1.807, 2.05) is 0 Å². The van der Waals surface area contributed by atoms with Crippen LogP contribution in [-0.2, 0) is 22.4 Å². The normalized spacial score (nSPS) is 23.5. The molecule has 0 aromatic heterocycles. The molecule has 0 radical (unpaired) electrons. The largest absolute Gasteiger partial charge is 1.00 e. The molecule has 15 heavy (non-hydrogen) atoms. The van der Waals surface area contributed by atoms with Crippen molar-refractivity contribution < 1.29 is 22.4 Å². The van der Waals surface area contributed by atoms with Crippen molar-refractivity contribution in [2.24, 2.45) is 0 Å². The van der Waals surface area contributed by atoms with Gasteiger partial charge in [0, 0.05) is 7.05 Å². The zero-order valence-electron chi connectivity index (χ0n) is 9.50. The molecule has 0 saturated heterocycles. The minimum absolute atomic E-state index is 0. The van der Waals surface area contributed by atoms with Gasteiger partial charge in [0.05, 0.1) is 12.2 Å². The molecule has 0 saturated carbocycles. The first-order valence-corrected chi connectivity index (χ1v) is 5.28. The third kappa shape index (κ3) is 2.00. The Labute approximate surface area is 108 Å². The summed E-state index contributed by atoms with van der Waals surface area (Å²) in [6.45, 7) is 8.88. The van der Waals surface area contributed by atoms with Crippen molar-refractivity contribution in [2.75, 3.05) is 25.0 Å². The summed E-state index contributed by atoms with van der Waals surface area (Å²) in [6, 6.07) is 8.66. The molecule has 1 aliphatic heterocycles. The van der Waals surface area contributed by atoms with E-state index in [0.29, 0.717) is 0 Å². The van der Waals surface area contributed by atoms with Crippen molar-refractivity contribution in [3.05, 3.63) is 30.9 Å². The molecule has 1 aromatic rings. The van der Waals surface area contributed by atoms with Gasteiger partial charge in [-0.15, -0.1) is 0 Å². The smallest absolute Gasteiger partial charge is 0.465 e. The van der Waals surface area contributed by atoms with E-state index < -0.39 is 0 Å². The van der Waals surface area contributed by atoms with Crippen LogP contribution in [0.1, 0.15) is 13.8 Å². The summed E-state index contributed by atoms with van der Waals surface area (Å²) in [5, 5.41) is 0. The Hall–Kier alpha value is -0.280. The predicted octanol–water partition coefficient (Wildman–Crippen LogP) is 2.60. The molecule has 1 aliphatic rings. The van der Waals surface area contributed by atoms with E-state index >= 15 is 0 Å². The molecule has 0 bridgehead atoms. The molecule has 1 aromatic carbocycles. The van der Waals surface area contributed by atoms with Crippen LogP contribution in [0.2, 0.25) is 0 Å². The maximum absolute atomic E-state index is 2.33. The molecule has 2 nitrogen and oxygen atoms in total. The fourth-order valence-corrected chi connectivity index (χ4v) is 2.08. The van der Waals surface area contributed by atoms with Crippen molar-refractivity contribution in [2.45, 2.75) is 13.8 Å². The number of para-hydroxylation sites is 2. The number of nitrogens with zero attached hydrogens (tertiary/aromatic N) is 2. The van der Waals surface area contributed by atoms with E-state index in [9.17, 15) is 0 Å². The Morgan fingerprint density at radius 3 is 2.53 bits per heavy atom. The standard InChI is InChI=1S/C12H18N2.Au/c1-4-13-10-14(3,5-2)12-9-7-6-8-11(12)13;/h6-10H,4-5H2,1-3H3;/q;+1. The van der Waals surface area contributed by atoms with Gasteiger partial charge in [0.2, 0.25) is 0 Å². The van der Waals surface area contributed by atoms with Crippen LogP contribution in [-0.4, -0.2) is 20.1 Å². The van der Waals surface area contributed by atoms with Crippen LogP contribution in [0.25, 0.3) is 0 Å². The number of benzene rings is 1. The van der Waals surface area contributed by atoms with E-state index in [0.717, 1.165) is 17.6 Å². The van der Waals surface area contributed by atoms with Crippen molar-refractivity contribution in [1.82, 2.24) is 4.48 Å². The number of anilines is 1. The first kappa shape index (κ1) is 12.8. The van der Waals surface area contributed by atoms with Crippen molar-refractivity contribution in [3.63, 3.8) is 0 Å². The van der Waals surface area contributed by atoms with Gasteiger partial charge in [-0.1, -0.05) is 12.1 Å². The average Bonchev–Trinajstić information content (AvgIpc) is 2.54. The summed E-state index contributed by atoms with van der Waals surface area (Å²) in [5.41, 5.74) is 2.77. The van der Waals surface area contributed by atoms with Gasteiger partial charge in [-0.05, 0) is 39.2 Å². The van der Waals surface area contributed by atoms with Gasteiger partial charge in [-0.3, -0.25) is 0 Å². The molecule has 0 spiro atoms.